The summed E-state index contributed by atoms with van der Waals surface area (Å²) in [5.74, 6) is 0.716. The molecule has 108 valence electrons. The lowest BCUT2D eigenvalue weighted by molar-refractivity contribution is 0.00791. The molecule has 5 heteroatoms. The SMILES string of the molecule is COC1C[C@H]2CC[C@@H](C1)N2C(=O)c1cc(C)nc(C)n1. The van der Waals surface area contributed by atoms with Gasteiger partial charge in [0.1, 0.15) is 11.5 Å². The van der Waals surface area contributed by atoms with Gasteiger partial charge in [0.25, 0.3) is 5.91 Å². The maximum atomic E-state index is 12.8. The average molecular weight is 275 g/mol. The number of aromatic nitrogens is 2. The molecule has 1 unspecified atom stereocenters. The third-order valence-corrected chi connectivity index (χ3v) is 4.44. The summed E-state index contributed by atoms with van der Waals surface area (Å²) in [6.45, 7) is 3.73. The van der Waals surface area contributed by atoms with Crippen molar-refractivity contribution < 1.29 is 9.53 Å². The summed E-state index contributed by atoms with van der Waals surface area (Å²) in [7, 11) is 1.76. The molecule has 5 nitrogen and oxygen atoms in total. The lowest BCUT2D eigenvalue weighted by Gasteiger charge is -2.38. The molecule has 3 atom stereocenters. The van der Waals surface area contributed by atoms with Gasteiger partial charge in [0.2, 0.25) is 0 Å². The molecule has 0 aromatic carbocycles. The van der Waals surface area contributed by atoms with Gasteiger partial charge in [0, 0.05) is 24.9 Å². The zero-order valence-corrected chi connectivity index (χ0v) is 12.3. The van der Waals surface area contributed by atoms with Crippen LogP contribution in [0.1, 0.15) is 47.7 Å². The first-order chi connectivity index (χ1) is 9.58. The first-order valence-corrected chi connectivity index (χ1v) is 7.26. The Morgan fingerprint density at radius 1 is 1.25 bits per heavy atom. The number of hydrogen-bond donors (Lipinski definition) is 0. The van der Waals surface area contributed by atoms with E-state index < -0.39 is 0 Å². The molecule has 2 saturated heterocycles. The molecule has 1 amide bonds. The normalized spacial score (nSPS) is 28.8. The van der Waals surface area contributed by atoms with Crippen LogP contribution in [0.25, 0.3) is 0 Å². The van der Waals surface area contributed by atoms with E-state index in [-0.39, 0.29) is 5.91 Å². The van der Waals surface area contributed by atoms with Gasteiger partial charge in [0.15, 0.2) is 0 Å². The molecule has 2 bridgehead atoms. The fourth-order valence-electron chi connectivity index (χ4n) is 3.61. The number of fused-ring (bicyclic) bond motifs is 2. The highest BCUT2D eigenvalue weighted by Gasteiger charge is 2.43. The molecular weight excluding hydrogens is 254 g/mol. The van der Waals surface area contributed by atoms with Gasteiger partial charge in [-0.05, 0) is 45.6 Å². The molecule has 0 radical (unpaired) electrons. The van der Waals surface area contributed by atoms with Crippen LogP contribution in [0, 0.1) is 13.8 Å². The Kier molecular flexibility index (Phi) is 3.46. The van der Waals surface area contributed by atoms with E-state index in [2.05, 4.69) is 9.97 Å². The molecule has 0 N–H and O–H groups in total. The summed E-state index contributed by atoms with van der Waals surface area (Å²) < 4.78 is 5.48. The summed E-state index contributed by atoms with van der Waals surface area (Å²) in [4.78, 5) is 23.3. The Bertz CT molecular complexity index is 498. The van der Waals surface area contributed by atoms with Crippen LogP contribution in [0.4, 0.5) is 0 Å². The maximum absolute atomic E-state index is 12.8. The van der Waals surface area contributed by atoms with Crippen LogP contribution in [-0.2, 0) is 4.74 Å². The van der Waals surface area contributed by atoms with Gasteiger partial charge < -0.3 is 9.64 Å². The van der Waals surface area contributed by atoms with Crippen molar-refractivity contribution in [1.82, 2.24) is 14.9 Å². The number of carbonyl (C=O) groups is 1. The second-order valence-corrected chi connectivity index (χ2v) is 5.87. The zero-order valence-electron chi connectivity index (χ0n) is 12.3. The molecule has 3 rings (SSSR count). The molecule has 0 aliphatic carbocycles. The minimum Gasteiger partial charge on any atom is -0.381 e. The number of aryl methyl sites for hydroxylation is 2. The highest BCUT2D eigenvalue weighted by atomic mass is 16.5. The number of ether oxygens (including phenoxy) is 1. The molecule has 0 saturated carbocycles. The van der Waals surface area contributed by atoms with Crippen LogP contribution in [0.5, 0.6) is 0 Å². The van der Waals surface area contributed by atoms with Crippen molar-refractivity contribution in [2.45, 2.75) is 57.7 Å². The van der Waals surface area contributed by atoms with Crippen molar-refractivity contribution in [3.63, 3.8) is 0 Å². The van der Waals surface area contributed by atoms with Crippen molar-refractivity contribution in [2.24, 2.45) is 0 Å². The lowest BCUT2D eigenvalue weighted by atomic mass is 9.99. The Balaban J connectivity index is 1.84. The van der Waals surface area contributed by atoms with Crippen molar-refractivity contribution in [3.05, 3.63) is 23.3 Å². The predicted octanol–water partition coefficient (Wildman–Crippen LogP) is 1.88. The standard InChI is InChI=1S/C15H21N3O2/c1-9-6-14(17-10(2)16-9)15(19)18-11-4-5-12(18)8-13(7-11)20-3/h6,11-13H,4-5,7-8H2,1-3H3/t11-,12+,13?. The van der Waals surface area contributed by atoms with Gasteiger partial charge in [0.05, 0.1) is 6.10 Å². The van der Waals surface area contributed by atoms with Crippen molar-refractivity contribution in [1.29, 1.82) is 0 Å². The minimum atomic E-state index is 0.0562. The third kappa shape index (κ3) is 2.30. The van der Waals surface area contributed by atoms with Gasteiger partial charge in [-0.1, -0.05) is 0 Å². The van der Waals surface area contributed by atoms with Crippen LogP contribution in [-0.4, -0.2) is 46.1 Å². The molecule has 1 aromatic heterocycles. The number of nitrogens with zero attached hydrogens (tertiary/aromatic N) is 3. The van der Waals surface area contributed by atoms with Crippen LogP contribution < -0.4 is 0 Å². The highest BCUT2D eigenvalue weighted by Crippen LogP contribution is 2.37. The van der Waals surface area contributed by atoms with Crippen molar-refractivity contribution in [3.8, 4) is 0 Å². The summed E-state index contributed by atoms with van der Waals surface area (Å²) in [6, 6.07) is 2.40. The molecule has 3 heterocycles. The highest BCUT2D eigenvalue weighted by molar-refractivity contribution is 5.93. The summed E-state index contributed by atoms with van der Waals surface area (Å²) >= 11 is 0. The van der Waals surface area contributed by atoms with Crippen LogP contribution in [0.15, 0.2) is 6.07 Å². The number of piperidine rings is 1. The average Bonchev–Trinajstić information content (AvgIpc) is 2.67. The number of amides is 1. The van der Waals surface area contributed by atoms with Crippen molar-refractivity contribution >= 4 is 5.91 Å². The van der Waals surface area contributed by atoms with Gasteiger partial charge in [-0.15, -0.1) is 0 Å². The Hall–Kier alpha value is -1.49. The van der Waals surface area contributed by atoms with Crippen LogP contribution in [0.3, 0.4) is 0 Å². The van der Waals surface area contributed by atoms with Crippen LogP contribution >= 0.6 is 0 Å². The van der Waals surface area contributed by atoms with E-state index in [0.29, 0.717) is 29.7 Å². The summed E-state index contributed by atoms with van der Waals surface area (Å²) in [6.07, 6.45) is 4.35. The summed E-state index contributed by atoms with van der Waals surface area (Å²) in [5.41, 5.74) is 1.38. The first kappa shape index (κ1) is 13.5. The van der Waals surface area contributed by atoms with Gasteiger partial charge >= 0.3 is 0 Å². The monoisotopic (exact) mass is 275 g/mol. The van der Waals surface area contributed by atoms with E-state index in [1.54, 1.807) is 13.2 Å². The fraction of sp³-hybridized carbons (Fsp3) is 0.667. The Labute approximate surface area is 119 Å². The number of hydrogen-bond acceptors (Lipinski definition) is 4. The van der Waals surface area contributed by atoms with E-state index in [1.807, 2.05) is 18.7 Å². The molecule has 2 fully saturated rings. The van der Waals surface area contributed by atoms with E-state index >= 15 is 0 Å². The van der Waals surface area contributed by atoms with Gasteiger partial charge in [-0.3, -0.25) is 4.79 Å². The first-order valence-electron chi connectivity index (χ1n) is 7.26. The van der Waals surface area contributed by atoms with E-state index in [1.165, 1.54) is 0 Å². The second kappa shape index (κ2) is 5.13. The number of carbonyl (C=O) groups excluding carboxylic acids is 1. The van der Waals surface area contributed by atoms with Crippen LogP contribution in [0.2, 0.25) is 0 Å². The van der Waals surface area contributed by atoms with Gasteiger partial charge in [-0.25, -0.2) is 9.97 Å². The smallest absolute Gasteiger partial charge is 0.273 e. The van der Waals surface area contributed by atoms with E-state index in [4.69, 9.17) is 4.74 Å². The maximum Gasteiger partial charge on any atom is 0.273 e. The molecular formula is C15H21N3O2. The molecule has 1 aromatic rings. The molecule has 2 aliphatic rings. The summed E-state index contributed by atoms with van der Waals surface area (Å²) in [5, 5.41) is 0. The Morgan fingerprint density at radius 2 is 1.90 bits per heavy atom. The zero-order chi connectivity index (χ0) is 14.3. The fourth-order valence-corrected chi connectivity index (χ4v) is 3.61. The predicted molar refractivity (Wildman–Crippen MR) is 74.5 cm³/mol. The molecule has 2 aliphatic heterocycles. The molecule has 20 heavy (non-hydrogen) atoms. The topological polar surface area (TPSA) is 55.3 Å². The van der Waals surface area contributed by atoms with Gasteiger partial charge in [-0.2, -0.15) is 0 Å². The number of rotatable bonds is 2. The van der Waals surface area contributed by atoms with E-state index in [0.717, 1.165) is 31.4 Å². The Morgan fingerprint density at radius 3 is 2.45 bits per heavy atom. The van der Waals surface area contributed by atoms with Crippen molar-refractivity contribution in [2.75, 3.05) is 7.11 Å². The largest absolute Gasteiger partial charge is 0.381 e. The quantitative estimate of drug-likeness (QED) is 0.827. The lowest BCUT2D eigenvalue weighted by Crippen LogP contribution is -2.48. The number of methoxy groups -OCH3 is 1. The second-order valence-electron chi connectivity index (χ2n) is 5.87. The molecule has 0 spiro atoms. The minimum absolute atomic E-state index is 0.0562. The third-order valence-electron chi connectivity index (χ3n) is 4.44. The van der Waals surface area contributed by atoms with E-state index in [9.17, 15) is 4.79 Å².